The summed E-state index contributed by atoms with van der Waals surface area (Å²) in [6.07, 6.45) is 3.57. The van der Waals surface area contributed by atoms with Crippen molar-refractivity contribution in [3.05, 3.63) is 69.6 Å². The molecule has 1 aliphatic heterocycles. The van der Waals surface area contributed by atoms with E-state index in [1.54, 1.807) is 37.4 Å². The van der Waals surface area contributed by atoms with E-state index in [2.05, 4.69) is 10.3 Å². The Kier molecular flexibility index (Phi) is 5.38. The van der Waals surface area contributed by atoms with Crippen molar-refractivity contribution in [1.29, 1.82) is 0 Å². The molecule has 3 aromatic rings. The van der Waals surface area contributed by atoms with Gasteiger partial charge in [-0.15, -0.1) is 11.3 Å². The van der Waals surface area contributed by atoms with Crippen LogP contribution in [0.25, 0.3) is 11.6 Å². The van der Waals surface area contributed by atoms with Gasteiger partial charge in [-0.2, -0.15) is 0 Å². The van der Waals surface area contributed by atoms with Crippen LogP contribution in [0.5, 0.6) is 5.75 Å². The minimum absolute atomic E-state index is 0.113. The van der Waals surface area contributed by atoms with Crippen molar-refractivity contribution in [2.75, 3.05) is 11.9 Å². The lowest BCUT2D eigenvalue weighted by Crippen LogP contribution is -2.06. The molecule has 0 bridgehead atoms. The maximum Gasteiger partial charge on any atom is 0.344 e. The van der Waals surface area contributed by atoms with Crippen LogP contribution in [0.1, 0.15) is 27.7 Å². The smallest absolute Gasteiger partial charge is 0.344 e. The Morgan fingerprint density at radius 3 is 2.76 bits per heavy atom. The van der Waals surface area contributed by atoms with Gasteiger partial charge in [0.1, 0.15) is 16.3 Å². The van der Waals surface area contributed by atoms with Gasteiger partial charge < -0.3 is 15.2 Å². The van der Waals surface area contributed by atoms with E-state index in [0.717, 1.165) is 22.5 Å². The van der Waals surface area contributed by atoms with Gasteiger partial charge in [0.25, 0.3) is 0 Å². The van der Waals surface area contributed by atoms with Gasteiger partial charge in [0.05, 0.1) is 17.2 Å². The molecule has 1 aromatic heterocycles. The maximum atomic E-state index is 12.5. The molecule has 7 heteroatoms. The number of carbonyl (C=O) groups is 1. The van der Waals surface area contributed by atoms with Gasteiger partial charge >= 0.3 is 5.97 Å². The molecule has 0 saturated carbocycles. The van der Waals surface area contributed by atoms with Crippen LogP contribution in [0.4, 0.5) is 16.4 Å². The fraction of sp³-hybridized carbons (Fsp3) is 0.0909. The van der Waals surface area contributed by atoms with E-state index in [0.29, 0.717) is 14.9 Å². The number of anilines is 2. The fourth-order valence-electron chi connectivity index (χ4n) is 2.98. The van der Waals surface area contributed by atoms with E-state index in [9.17, 15) is 9.90 Å². The minimum Gasteiger partial charge on any atom is -0.505 e. The topological polar surface area (TPSA) is 70.9 Å². The van der Waals surface area contributed by atoms with Crippen LogP contribution >= 0.6 is 22.9 Å². The molecule has 2 heterocycles. The number of hydrogen-bond donors (Lipinski definition) is 2. The third-order valence-electron chi connectivity index (χ3n) is 4.34. The molecule has 29 heavy (non-hydrogen) atoms. The number of esters is 1. The van der Waals surface area contributed by atoms with Crippen LogP contribution in [0.2, 0.25) is 5.02 Å². The number of rotatable bonds is 5. The molecular formula is C22H17ClN2O3S. The lowest BCUT2D eigenvalue weighted by molar-refractivity contribution is 0.0525. The van der Waals surface area contributed by atoms with Gasteiger partial charge in [0, 0.05) is 28.1 Å². The molecule has 4 rings (SSSR count). The quantitative estimate of drug-likeness (QED) is 0.472. The van der Waals surface area contributed by atoms with Gasteiger partial charge in [0.15, 0.2) is 0 Å². The van der Waals surface area contributed by atoms with E-state index < -0.39 is 5.97 Å². The summed E-state index contributed by atoms with van der Waals surface area (Å²) in [5.41, 5.74) is 3.57. The van der Waals surface area contributed by atoms with Crippen LogP contribution < -0.4 is 5.32 Å². The second-order valence-electron chi connectivity index (χ2n) is 6.25. The number of nitrogens with zero attached hydrogens (tertiary/aromatic N) is 1. The van der Waals surface area contributed by atoms with Crippen LogP contribution in [0, 0.1) is 0 Å². The second kappa shape index (κ2) is 8.11. The molecular weight excluding hydrogens is 408 g/mol. The van der Waals surface area contributed by atoms with Crippen LogP contribution in [0.3, 0.4) is 0 Å². The number of nitrogens with one attached hydrogen (secondary N) is 1. The van der Waals surface area contributed by atoms with Gasteiger partial charge in [-0.25, -0.2) is 4.79 Å². The fourth-order valence-corrected chi connectivity index (χ4v) is 4.16. The van der Waals surface area contributed by atoms with E-state index in [1.807, 2.05) is 30.3 Å². The summed E-state index contributed by atoms with van der Waals surface area (Å²) < 4.78 is 5.15. The molecule has 2 aromatic carbocycles. The first-order chi connectivity index (χ1) is 14.1. The Morgan fingerprint density at radius 1 is 1.24 bits per heavy atom. The van der Waals surface area contributed by atoms with E-state index in [1.165, 1.54) is 11.3 Å². The normalized spacial score (nSPS) is 13.5. The van der Waals surface area contributed by atoms with Crippen LogP contribution in [0.15, 0.2) is 53.5 Å². The lowest BCUT2D eigenvalue weighted by Gasteiger charge is -2.07. The number of thiophene rings is 1. The van der Waals surface area contributed by atoms with E-state index >= 15 is 0 Å². The molecule has 0 spiro atoms. The highest BCUT2D eigenvalue weighted by atomic mass is 35.5. The number of aromatic hydroxyl groups is 1. The predicted molar refractivity (Wildman–Crippen MR) is 119 cm³/mol. The maximum absolute atomic E-state index is 12.5. The number of aliphatic imine (C=N–C) groups is 1. The summed E-state index contributed by atoms with van der Waals surface area (Å²) >= 11 is 7.21. The zero-order valence-electron chi connectivity index (χ0n) is 15.5. The highest BCUT2D eigenvalue weighted by Gasteiger charge is 2.25. The molecule has 0 unspecified atom stereocenters. The summed E-state index contributed by atoms with van der Waals surface area (Å²) in [6, 6.07) is 14.9. The monoisotopic (exact) mass is 424 g/mol. The first kappa shape index (κ1) is 19.2. The molecule has 2 N–H and O–H groups in total. The molecule has 1 aliphatic rings. The molecule has 0 saturated heterocycles. The number of halogens is 1. The number of hydrogen-bond acceptors (Lipinski definition) is 6. The average Bonchev–Trinajstić information content (AvgIpc) is 3.25. The summed E-state index contributed by atoms with van der Waals surface area (Å²) in [4.78, 5) is 17.4. The number of carbonyl (C=O) groups excluding carboxylic acids is 1. The Balaban J connectivity index is 1.76. The number of allylic oxidation sites excluding steroid dienone is 1. The largest absolute Gasteiger partial charge is 0.505 e. The molecule has 0 aliphatic carbocycles. The highest BCUT2D eigenvalue weighted by Crippen LogP contribution is 2.43. The second-order valence-corrected chi connectivity index (χ2v) is 7.74. The third kappa shape index (κ3) is 3.90. The van der Waals surface area contributed by atoms with Crippen molar-refractivity contribution in [2.24, 2.45) is 4.99 Å². The van der Waals surface area contributed by atoms with Crippen molar-refractivity contribution < 1.29 is 14.6 Å². The van der Waals surface area contributed by atoms with E-state index in [4.69, 9.17) is 16.3 Å². The van der Waals surface area contributed by atoms with Crippen LogP contribution in [-0.2, 0) is 4.74 Å². The predicted octanol–water partition coefficient (Wildman–Crippen LogP) is 6.28. The summed E-state index contributed by atoms with van der Waals surface area (Å²) in [6.45, 7) is 1.94. The minimum atomic E-state index is -0.581. The van der Waals surface area contributed by atoms with Crippen molar-refractivity contribution >= 4 is 63.1 Å². The Labute approximate surface area is 176 Å². The summed E-state index contributed by atoms with van der Waals surface area (Å²) in [5.74, 6) is -0.696. The molecule has 5 nitrogen and oxygen atoms in total. The van der Waals surface area contributed by atoms with Crippen molar-refractivity contribution in [3.8, 4) is 5.75 Å². The van der Waals surface area contributed by atoms with Gasteiger partial charge in [-0.1, -0.05) is 29.8 Å². The standard InChI is InChI=1S/C22H17ClN2O3S/c1-2-28-22(27)19-20(26)18(11-13-12-24-17-6-4-3-5-16(13)17)29-21(19)25-15-9-7-14(23)8-10-15/h3-12,25-26H,2H2,1H3/b13-11+. The van der Waals surface area contributed by atoms with Crippen molar-refractivity contribution in [1.82, 2.24) is 0 Å². The number of fused-ring (bicyclic) bond motifs is 1. The Bertz CT molecular complexity index is 1130. The van der Waals surface area contributed by atoms with Crippen molar-refractivity contribution in [2.45, 2.75) is 6.92 Å². The zero-order chi connectivity index (χ0) is 20.4. The van der Waals surface area contributed by atoms with E-state index in [-0.39, 0.29) is 17.9 Å². The number of para-hydroxylation sites is 1. The first-order valence-electron chi connectivity index (χ1n) is 8.97. The first-order valence-corrected chi connectivity index (χ1v) is 10.2. The van der Waals surface area contributed by atoms with Gasteiger partial charge in [0.2, 0.25) is 0 Å². The highest BCUT2D eigenvalue weighted by molar-refractivity contribution is 7.18. The van der Waals surface area contributed by atoms with Crippen LogP contribution in [-0.4, -0.2) is 23.9 Å². The SMILES string of the molecule is CCOC(=O)c1c(Nc2ccc(Cl)cc2)sc(/C=C2\C=Nc3ccccc32)c1O. The molecule has 0 fully saturated rings. The Morgan fingerprint density at radius 2 is 2.00 bits per heavy atom. The summed E-state index contributed by atoms with van der Waals surface area (Å²) in [5, 5.41) is 15.1. The molecule has 146 valence electrons. The average molecular weight is 425 g/mol. The molecule has 0 amide bonds. The summed E-state index contributed by atoms with van der Waals surface area (Å²) in [7, 11) is 0. The number of benzene rings is 2. The van der Waals surface area contributed by atoms with Gasteiger partial charge in [-0.05, 0) is 43.3 Å². The van der Waals surface area contributed by atoms with Gasteiger partial charge in [-0.3, -0.25) is 4.99 Å². The lowest BCUT2D eigenvalue weighted by atomic mass is 10.1. The van der Waals surface area contributed by atoms with Crippen molar-refractivity contribution in [3.63, 3.8) is 0 Å². The molecule has 0 atom stereocenters. The molecule has 0 radical (unpaired) electrons. The Hall–Kier alpha value is -3.09. The third-order valence-corrected chi connectivity index (χ3v) is 5.63. The zero-order valence-corrected chi connectivity index (χ0v) is 17.1. The number of ether oxygens (including phenoxy) is 1.